The van der Waals surface area contributed by atoms with Crippen LogP contribution >= 0.6 is 0 Å². The van der Waals surface area contributed by atoms with Crippen LogP contribution in [0.1, 0.15) is 22.3 Å². The van der Waals surface area contributed by atoms with Crippen molar-refractivity contribution >= 4 is 11.6 Å². The first-order chi connectivity index (χ1) is 8.74. The largest absolute Gasteiger partial charge is 0.385 e. The van der Waals surface area contributed by atoms with Crippen molar-refractivity contribution in [1.29, 1.82) is 0 Å². The van der Waals surface area contributed by atoms with Gasteiger partial charge in [0.2, 0.25) is 0 Å². The molecule has 18 heavy (non-hydrogen) atoms. The van der Waals surface area contributed by atoms with Crippen LogP contribution in [-0.2, 0) is 6.42 Å². The van der Waals surface area contributed by atoms with E-state index in [1.165, 1.54) is 5.56 Å². The lowest BCUT2D eigenvalue weighted by Crippen LogP contribution is -2.33. The van der Waals surface area contributed by atoms with E-state index >= 15 is 0 Å². The molecular weight excluding hydrogens is 226 g/mol. The van der Waals surface area contributed by atoms with Crippen LogP contribution in [0.15, 0.2) is 18.2 Å². The fraction of sp³-hybridized carbons (Fsp3) is 0.500. The van der Waals surface area contributed by atoms with Crippen LogP contribution in [0.2, 0.25) is 0 Å². The Hall–Kier alpha value is -1.55. The molecule has 0 radical (unpaired) electrons. The molecule has 1 aliphatic rings. The number of hydrogen-bond donors (Lipinski definition) is 2. The maximum absolute atomic E-state index is 12.4. The van der Waals surface area contributed by atoms with Crippen molar-refractivity contribution in [2.75, 3.05) is 39.0 Å². The molecule has 2 rings (SSSR count). The van der Waals surface area contributed by atoms with Gasteiger partial charge in [0, 0.05) is 37.9 Å². The summed E-state index contributed by atoms with van der Waals surface area (Å²) in [5.74, 6) is 0.116. The number of rotatable bonds is 4. The SMILES string of the molecule is CNCCN(C)C(=O)c1cccc2c1CCCN2. The van der Waals surface area contributed by atoms with Gasteiger partial charge in [-0.05, 0) is 37.6 Å². The molecule has 1 aromatic carbocycles. The number of fused-ring (bicyclic) bond motifs is 1. The summed E-state index contributed by atoms with van der Waals surface area (Å²) in [4.78, 5) is 14.2. The minimum absolute atomic E-state index is 0.116. The van der Waals surface area contributed by atoms with E-state index in [4.69, 9.17) is 0 Å². The molecule has 2 N–H and O–H groups in total. The average molecular weight is 247 g/mol. The summed E-state index contributed by atoms with van der Waals surface area (Å²) >= 11 is 0. The van der Waals surface area contributed by atoms with Gasteiger partial charge in [0.15, 0.2) is 0 Å². The summed E-state index contributed by atoms with van der Waals surface area (Å²) in [6, 6.07) is 5.94. The number of carbonyl (C=O) groups is 1. The van der Waals surface area contributed by atoms with Crippen LogP contribution in [-0.4, -0.2) is 44.5 Å². The Bertz CT molecular complexity index is 431. The Labute approximate surface area is 108 Å². The van der Waals surface area contributed by atoms with Gasteiger partial charge in [0.1, 0.15) is 0 Å². The highest BCUT2D eigenvalue weighted by atomic mass is 16.2. The predicted octanol–water partition coefficient (Wildman–Crippen LogP) is 1.34. The number of nitrogens with zero attached hydrogens (tertiary/aromatic N) is 1. The van der Waals surface area contributed by atoms with Gasteiger partial charge in [0.25, 0.3) is 5.91 Å². The first kappa shape index (κ1) is 12.9. The maximum Gasteiger partial charge on any atom is 0.253 e. The molecule has 0 unspecified atom stereocenters. The van der Waals surface area contributed by atoms with Gasteiger partial charge in [-0.25, -0.2) is 0 Å². The molecule has 0 aliphatic carbocycles. The van der Waals surface area contributed by atoms with Gasteiger partial charge in [-0.15, -0.1) is 0 Å². The molecule has 0 saturated heterocycles. The molecule has 4 heteroatoms. The molecule has 98 valence electrons. The molecule has 0 fully saturated rings. The quantitative estimate of drug-likeness (QED) is 0.844. The van der Waals surface area contributed by atoms with Crippen LogP contribution < -0.4 is 10.6 Å². The third-order valence-corrected chi connectivity index (χ3v) is 3.37. The number of carbonyl (C=O) groups excluding carboxylic acids is 1. The van der Waals surface area contributed by atoms with Crippen molar-refractivity contribution in [3.8, 4) is 0 Å². The minimum atomic E-state index is 0.116. The molecular formula is C14H21N3O. The van der Waals surface area contributed by atoms with Crippen molar-refractivity contribution in [3.05, 3.63) is 29.3 Å². The monoisotopic (exact) mass is 247 g/mol. The van der Waals surface area contributed by atoms with Crippen molar-refractivity contribution in [2.45, 2.75) is 12.8 Å². The Balaban J connectivity index is 2.19. The van der Waals surface area contributed by atoms with Gasteiger partial charge in [-0.2, -0.15) is 0 Å². The van der Waals surface area contributed by atoms with E-state index in [0.29, 0.717) is 0 Å². The van der Waals surface area contributed by atoms with Gasteiger partial charge in [-0.3, -0.25) is 4.79 Å². The summed E-state index contributed by atoms with van der Waals surface area (Å²) in [5.41, 5.74) is 3.14. The number of nitrogens with one attached hydrogen (secondary N) is 2. The summed E-state index contributed by atoms with van der Waals surface area (Å²) in [7, 11) is 3.75. The zero-order valence-electron chi connectivity index (χ0n) is 11.1. The van der Waals surface area contributed by atoms with E-state index < -0.39 is 0 Å². The molecule has 1 heterocycles. The van der Waals surface area contributed by atoms with E-state index in [-0.39, 0.29) is 5.91 Å². The first-order valence-electron chi connectivity index (χ1n) is 6.50. The molecule has 0 bridgehead atoms. The highest BCUT2D eigenvalue weighted by Gasteiger charge is 2.19. The Morgan fingerprint density at radius 3 is 3.11 bits per heavy atom. The van der Waals surface area contributed by atoms with Crippen molar-refractivity contribution in [2.24, 2.45) is 0 Å². The van der Waals surface area contributed by atoms with Gasteiger partial charge in [0.05, 0.1) is 0 Å². The highest BCUT2D eigenvalue weighted by molar-refractivity contribution is 5.97. The van der Waals surface area contributed by atoms with E-state index in [1.807, 2.05) is 26.2 Å². The molecule has 4 nitrogen and oxygen atoms in total. The van der Waals surface area contributed by atoms with Gasteiger partial charge >= 0.3 is 0 Å². The molecule has 1 aromatic rings. The number of benzene rings is 1. The van der Waals surface area contributed by atoms with E-state index in [1.54, 1.807) is 4.90 Å². The second-order valence-corrected chi connectivity index (χ2v) is 4.69. The molecule has 0 aromatic heterocycles. The van der Waals surface area contributed by atoms with Crippen molar-refractivity contribution in [1.82, 2.24) is 10.2 Å². The number of likely N-dealkylation sites (N-methyl/N-ethyl adjacent to an activating group) is 2. The zero-order valence-corrected chi connectivity index (χ0v) is 11.1. The van der Waals surface area contributed by atoms with Crippen LogP contribution in [0.25, 0.3) is 0 Å². The third kappa shape index (κ3) is 2.64. The Morgan fingerprint density at radius 2 is 2.33 bits per heavy atom. The third-order valence-electron chi connectivity index (χ3n) is 3.37. The fourth-order valence-corrected chi connectivity index (χ4v) is 2.30. The summed E-state index contributed by atoms with van der Waals surface area (Å²) in [5, 5.41) is 6.42. The van der Waals surface area contributed by atoms with Crippen LogP contribution in [0.5, 0.6) is 0 Å². The number of hydrogen-bond acceptors (Lipinski definition) is 3. The van der Waals surface area contributed by atoms with E-state index in [0.717, 1.165) is 43.7 Å². The minimum Gasteiger partial charge on any atom is -0.385 e. The maximum atomic E-state index is 12.4. The average Bonchev–Trinajstić information content (AvgIpc) is 2.43. The predicted molar refractivity (Wildman–Crippen MR) is 74.1 cm³/mol. The molecule has 1 amide bonds. The first-order valence-corrected chi connectivity index (χ1v) is 6.50. The van der Waals surface area contributed by atoms with E-state index in [2.05, 4.69) is 16.7 Å². The van der Waals surface area contributed by atoms with Crippen LogP contribution in [0, 0.1) is 0 Å². The molecule has 0 atom stereocenters. The molecule has 0 spiro atoms. The number of anilines is 1. The van der Waals surface area contributed by atoms with Gasteiger partial charge in [-0.1, -0.05) is 6.07 Å². The second kappa shape index (κ2) is 5.87. The smallest absolute Gasteiger partial charge is 0.253 e. The standard InChI is InChI=1S/C14H21N3O/c1-15-9-10-17(2)14(18)12-5-3-7-13-11(12)6-4-8-16-13/h3,5,7,15-16H,4,6,8-10H2,1-2H3. The fourth-order valence-electron chi connectivity index (χ4n) is 2.30. The summed E-state index contributed by atoms with van der Waals surface area (Å²) < 4.78 is 0. The lowest BCUT2D eigenvalue weighted by atomic mass is 9.97. The zero-order chi connectivity index (χ0) is 13.0. The highest BCUT2D eigenvalue weighted by Crippen LogP contribution is 2.25. The second-order valence-electron chi connectivity index (χ2n) is 4.69. The number of amides is 1. The Morgan fingerprint density at radius 1 is 1.50 bits per heavy atom. The lowest BCUT2D eigenvalue weighted by Gasteiger charge is -2.23. The Kier molecular flexibility index (Phi) is 4.20. The van der Waals surface area contributed by atoms with Crippen molar-refractivity contribution in [3.63, 3.8) is 0 Å². The normalized spacial score (nSPS) is 13.7. The molecule has 1 aliphatic heterocycles. The lowest BCUT2D eigenvalue weighted by molar-refractivity contribution is 0.0795. The van der Waals surface area contributed by atoms with Gasteiger partial charge < -0.3 is 15.5 Å². The van der Waals surface area contributed by atoms with Crippen LogP contribution in [0.3, 0.4) is 0 Å². The van der Waals surface area contributed by atoms with Crippen LogP contribution in [0.4, 0.5) is 5.69 Å². The van der Waals surface area contributed by atoms with Crippen molar-refractivity contribution < 1.29 is 4.79 Å². The summed E-state index contributed by atoms with van der Waals surface area (Å²) in [6.45, 7) is 2.54. The topological polar surface area (TPSA) is 44.4 Å². The summed E-state index contributed by atoms with van der Waals surface area (Å²) in [6.07, 6.45) is 2.08. The molecule has 0 saturated carbocycles. The van der Waals surface area contributed by atoms with E-state index in [9.17, 15) is 4.79 Å².